The molecule has 1 aliphatic heterocycles. The number of hydrogen-bond donors (Lipinski definition) is 3. The Bertz CT molecular complexity index is 1610. The quantitative estimate of drug-likeness (QED) is 0.0427. The minimum absolute atomic E-state index is 0.169. The summed E-state index contributed by atoms with van der Waals surface area (Å²) in [6, 6.07) is 25.2. The molecule has 0 bridgehead atoms. The number of carbonyl (C=O) groups excluding carboxylic acids is 6. The number of hydrogen-bond acceptors (Lipinski definition) is 11. The van der Waals surface area contributed by atoms with Crippen LogP contribution in [-0.4, -0.2) is 65.0 Å². The predicted octanol–water partition coefficient (Wildman–Crippen LogP) is 2.46. The molecule has 4 rings (SSSR count). The minimum atomic E-state index is -2.96. The maximum absolute atomic E-state index is 14.3. The van der Waals surface area contributed by atoms with Gasteiger partial charge in [-0.1, -0.05) is 91.0 Å². The summed E-state index contributed by atoms with van der Waals surface area (Å²) in [5, 5.41) is 2.00. The lowest BCUT2D eigenvalue weighted by Crippen LogP contribution is -2.65. The fourth-order valence-electron chi connectivity index (χ4n) is 4.77. The molecule has 1 unspecified atom stereocenters. The number of nitrogens with zero attached hydrogens (tertiary/aromatic N) is 2. The molecule has 1 aliphatic rings. The van der Waals surface area contributed by atoms with Gasteiger partial charge in [-0.2, -0.15) is 4.90 Å². The number of ether oxygens (including phenoxy) is 4. The zero-order valence-electron chi connectivity index (χ0n) is 26.3. The summed E-state index contributed by atoms with van der Waals surface area (Å²) >= 11 is 0. The van der Waals surface area contributed by atoms with Crippen LogP contribution in [0.2, 0.25) is 0 Å². The monoisotopic (exact) mass is 673 g/mol. The van der Waals surface area contributed by atoms with Crippen molar-refractivity contribution >= 4 is 41.9 Å². The molecule has 256 valence electrons. The number of carbonyl (C=O) groups is 6. The molecule has 15 nitrogen and oxygen atoms in total. The van der Waals surface area contributed by atoms with E-state index in [0.717, 1.165) is 0 Å². The first kappa shape index (κ1) is 35.6. The number of benzene rings is 3. The lowest BCUT2D eigenvalue weighted by molar-refractivity contribution is -0.179. The molecule has 0 saturated carbocycles. The smallest absolute Gasteiger partial charge is 0.421 e. The number of guanidine groups is 1. The average molecular weight is 674 g/mol. The van der Waals surface area contributed by atoms with E-state index in [2.05, 4.69) is 4.99 Å². The summed E-state index contributed by atoms with van der Waals surface area (Å²) in [4.78, 5) is 85.0. The van der Waals surface area contributed by atoms with Crippen LogP contribution in [0.25, 0.3) is 0 Å². The molecule has 5 N–H and O–H groups in total. The largest absolute Gasteiger partial charge is 0.459 e. The summed E-state index contributed by atoms with van der Waals surface area (Å²) in [5.41, 5.74) is 9.51. The first-order valence-corrected chi connectivity index (χ1v) is 15.1. The molecule has 0 aromatic heterocycles. The maximum Gasteiger partial charge on any atom is 0.421 e. The Morgan fingerprint density at radius 2 is 1.20 bits per heavy atom. The molecule has 4 amide bonds. The minimum Gasteiger partial charge on any atom is -0.459 e. The SMILES string of the molecule is NC(N)=NCCC[C@@](C(=O)OCc1ccccc1)(C(=O)OC1CC(=O)NC1=O)N(C(=O)OCc1ccccc1)C(=O)OCc1ccccc1. The van der Waals surface area contributed by atoms with Crippen LogP contribution in [0, 0.1) is 0 Å². The highest BCUT2D eigenvalue weighted by atomic mass is 16.6. The second kappa shape index (κ2) is 17.1. The van der Waals surface area contributed by atoms with Crippen molar-refractivity contribution < 1.29 is 47.7 Å². The Balaban J connectivity index is 1.80. The fourth-order valence-corrected chi connectivity index (χ4v) is 4.77. The van der Waals surface area contributed by atoms with Gasteiger partial charge in [0.1, 0.15) is 19.8 Å². The van der Waals surface area contributed by atoms with E-state index in [1.54, 1.807) is 91.0 Å². The highest BCUT2D eigenvalue weighted by Gasteiger charge is 2.60. The Morgan fingerprint density at radius 3 is 1.63 bits per heavy atom. The number of esters is 2. The van der Waals surface area contributed by atoms with Crippen LogP contribution in [0.3, 0.4) is 0 Å². The van der Waals surface area contributed by atoms with Gasteiger partial charge in [0.05, 0.1) is 6.42 Å². The third-order valence-corrected chi connectivity index (χ3v) is 7.21. The number of nitrogens with two attached hydrogens (primary N) is 2. The van der Waals surface area contributed by atoms with Crippen molar-refractivity contribution in [3.63, 3.8) is 0 Å². The summed E-state index contributed by atoms with van der Waals surface area (Å²) in [6.07, 6.45) is -6.04. The van der Waals surface area contributed by atoms with E-state index in [9.17, 15) is 28.8 Å². The van der Waals surface area contributed by atoms with Gasteiger partial charge in [-0.05, 0) is 29.5 Å². The number of amides is 4. The van der Waals surface area contributed by atoms with E-state index in [0.29, 0.717) is 16.7 Å². The molecule has 49 heavy (non-hydrogen) atoms. The summed E-state index contributed by atoms with van der Waals surface area (Å²) < 4.78 is 21.9. The van der Waals surface area contributed by atoms with E-state index in [-0.39, 0.29) is 37.0 Å². The Hall–Kier alpha value is -6.25. The van der Waals surface area contributed by atoms with Gasteiger partial charge in [-0.15, -0.1) is 0 Å². The second-order valence-corrected chi connectivity index (χ2v) is 10.8. The number of aliphatic imine (C=N–C) groups is 1. The fraction of sp³-hybridized carbons (Fsp3) is 0.265. The first-order chi connectivity index (χ1) is 23.6. The van der Waals surface area contributed by atoms with E-state index < -0.39 is 67.0 Å². The lowest BCUT2D eigenvalue weighted by atomic mass is 9.91. The highest BCUT2D eigenvalue weighted by Crippen LogP contribution is 2.31. The Kier molecular flexibility index (Phi) is 12.4. The van der Waals surface area contributed by atoms with E-state index >= 15 is 0 Å². The van der Waals surface area contributed by atoms with Crippen molar-refractivity contribution in [2.45, 2.75) is 50.7 Å². The van der Waals surface area contributed by atoms with Gasteiger partial charge in [0.2, 0.25) is 5.91 Å². The average Bonchev–Trinajstić information content (AvgIpc) is 3.42. The molecule has 2 atom stereocenters. The van der Waals surface area contributed by atoms with E-state index in [4.69, 9.17) is 30.4 Å². The predicted molar refractivity (Wildman–Crippen MR) is 172 cm³/mol. The molecule has 3 aromatic rings. The molecular formula is C34H35N5O10. The lowest BCUT2D eigenvalue weighted by Gasteiger charge is -2.37. The van der Waals surface area contributed by atoms with Crippen LogP contribution >= 0.6 is 0 Å². The molecule has 1 saturated heterocycles. The van der Waals surface area contributed by atoms with Crippen molar-refractivity contribution in [2.24, 2.45) is 16.5 Å². The molecular weight excluding hydrogens is 638 g/mol. The van der Waals surface area contributed by atoms with Crippen molar-refractivity contribution in [2.75, 3.05) is 6.54 Å². The summed E-state index contributed by atoms with van der Waals surface area (Å²) in [6.45, 7) is -1.31. The van der Waals surface area contributed by atoms with Gasteiger partial charge < -0.3 is 30.4 Å². The Morgan fingerprint density at radius 1 is 0.735 bits per heavy atom. The summed E-state index contributed by atoms with van der Waals surface area (Å²) in [7, 11) is 0. The topological polar surface area (TPSA) is 219 Å². The van der Waals surface area contributed by atoms with Crippen molar-refractivity contribution in [3.05, 3.63) is 108 Å². The van der Waals surface area contributed by atoms with Gasteiger partial charge in [0.15, 0.2) is 12.1 Å². The molecule has 3 aromatic carbocycles. The van der Waals surface area contributed by atoms with Gasteiger partial charge >= 0.3 is 24.1 Å². The second-order valence-electron chi connectivity index (χ2n) is 10.8. The van der Waals surface area contributed by atoms with Crippen LogP contribution in [-0.2, 0) is 57.9 Å². The van der Waals surface area contributed by atoms with Crippen LogP contribution in [0.1, 0.15) is 36.0 Å². The zero-order chi connectivity index (χ0) is 35.2. The van der Waals surface area contributed by atoms with Crippen molar-refractivity contribution in [3.8, 4) is 0 Å². The molecule has 1 heterocycles. The number of imide groups is 2. The van der Waals surface area contributed by atoms with Crippen LogP contribution in [0.5, 0.6) is 0 Å². The normalized spacial score (nSPS) is 14.8. The van der Waals surface area contributed by atoms with Crippen molar-refractivity contribution in [1.29, 1.82) is 0 Å². The molecule has 0 radical (unpaired) electrons. The first-order valence-electron chi connectivity index (χ1n) is 15.1. The molecule has 15 heteroatoms. The third kappa shape index (κ3) is 9.63. The van der Waals surface area contributed by atoms with E-state index in [1.165, 1.54) is 0 Å². The number of nitrogens with one attached hydrogen (secondary N) is 1. The van der Waals surface area contributed by atoms with E-state index in [1.807, 2.05) is 5.32 Å². The van der Waals surface area contributed by atoms with Gasteiger partial charge in [0, 0.05) is 6.54 Å². The molecule has 0 spiro atoms. The third-order valence-electron chi connectivity index (χ3n) is 7.21. The number of rotatable bonds is 14. The maximum atomic E-state index is 14.3. The van der Waals surface area contributed by atoms with Gasteiger partial charge in [-0.25, -0.2) is 19.2 Å². The molecule has 1 fully saturated rings. The van der Waals surface area contributed by atoms with Crippen LogP contribution in [0.15, 0.2) is 96.0 Å². The van der Waals surface area contributed by atoms with Gasteiger partial charge in [-0.3, -0.25) is 19.9 Å². The van der Waals surface area contributed by atoms with Crippen molar-refractivity contribution in [1.82, 2.24) is 10.2 Å². The van der Waals surface area contributed by atoms with Gasteiger partial charge in [0.25, 0.3) is 11.4 Å². The van der Waals surface area contributed by atoms with Crippen LogP contribution in [0.4, 0.5) is 9.59 Å². The zero-order valence-corrected chi connectivity index (χ0v) is 26.3. The molecule has 0 aliphatic carbocycles. The summed E-state index contributed by atoms with van der Waals surface area (Å²) in [5.74, 6) is -4.98. The Labute approximate surface area is 281 Å². The highest BCUT2D eigenvalue weighted by molar-refractivity contribution is 6.13. The standard InChI is InChI=1S/C34H35N5O10/c35-31(36)37-18-10-17-34(29(42)46-20-23-11-4-1-5-12-23,30(43)49-26-19-27(40)38-28(26)41)39(32(44)47-21-24-13-6-2-7-14-24)33(45)48-22-25-15-8-3-9-16-25/h1-9,11-16,26H,10,17-22H2,(H4,35,36,37)(H,38,40,41)/t26?,34-/m1/s1. The van der Waals surface area contributed by atoms with Crippen LogP contribution < -0.4 is 16.8 Å².